The molecule has 1 aromatic carbocycles. The van der Waals surface area contributed by atoms with Gasteiger partial charge in [0.05, 0.1) is 0 Å². The van der Waals surface area contributed by atoms with Gasteiger partial charge in [-0.25, -0.2) is 4.98 Å². The van der Waals surface area contributed by atoms with Gasteiger partial charge in [0.25, 0.3) is 5.56 Å². The number of oxazole rings is 1. The minimum absolute atomic E-state index is 0.110. The normalized spacial score (nSPS) is 10.8. The molecule has 3 aromatic rings. The van der Waals surface area contributed by atoms with Crippen LogP contribution >= 0.6 is 0 Å². The van der Waals surface area contributed by atoms with Crippen LogP contribution in [0.3, 0.4) is 0 Å². The summed E-state index contributed by atoms with van der Waals surface area (Å²) in [6.07, 6.45) is 3.00. The van der Waals surface area contributed by atoms with E-state index in [9.17, 15) is 4.79 Å². The highest BCUT2D eigenvalue weighted by atomic mass is 16.3. The molecule has 3 rings (SSSR count). The Morgan fingerprint density at radius 2 is 2.19 bits per heavy atom. The summed E-state index contributed by atoms with van der Waals surface area (Å²) in [7, 11) is 0. The number of rotatable bonds is 1. The van der Waals surface area contributed by atoms with Gasteiger partial charge in [-0.1, -0.05) is 6.07 Å². The smallest absolute Gasteiger partial charge is 0.255 e. The molecule has 0 spiro atoms. The van der Waals surface area contributed by atoms with E-state index in [1.807, 2.05) is 18.2 Å². The van der Waals surface area contributed by atoms with E-state index >= 15 is 0 Å². The maximum atomic E-state index is 11.6. The number of H-pyrrole nitrogens is 1. The fourth-order valence-electron chi connectivity index (χ4n) is 1.67. The van der Waals surface area contributed by atoms with Crippen molar-refractivity contribution >= 4 is 11.1 Å². The molecule has 78 valence electrons. The van der Waals surface area contributed by atoms with E-state index in [1.54, 1.807) is 18.3 Å². The van der Waals surface area contributed by atoms with Gasteiger partial charge in [-0.3, -0.25) is 4.79 Å². The molecule has 4 nitrogen and oxygen atoms in total. The number of aromatic amines is 1. The molecule has 0 aliphatic rings. The van der Waals surface area contributed by atoms with Gasteiger partial charge in [0.1, 0.15) is 5.52 Å². The predicted molar refractivity (Wildman–Crippen MR) is 60.1 cm³/mol. The van der Waals surface area contributed by atoms with Crippen LogP contribution in [0.1, 0.15) is 0 Å². The fourth-order valence-corrected chi connectivity index (χ4v) is 1.67. The molecular formula is C12H8N2O2. The Morgan fingerprint density at radius 3 is 3.06 bits per heavy atom. The number of aromatic nitrogens is 2. The van der Waals surface area contributed by atoms with Crippen LogP contribution in [0.2, 0.25) is 0 Å². The first-order valence-corrected chi connectivity index (χ1v) is 4.86. The number of fused-ring (bicyclic) bond motifs is 1. The highest BCUT2D eigenvalue weighted by Crippen LogP contribution is 2.20. The second-order valence-corrected chi connectivity index (χ2v) is 3.45. The van der Waals surface area contributed by atoms with Crippen molar-refractivity contribution in [2.24, 2.45) is 0 Å². The van der Waals surface area contributed by atoms with Gasteiger partial charge in [0, 0.05) is 11.8 Å². The topological polar surface area (TPSA) is 58.9 Å². The maximum Gasteiger partial charge on any atom is 0.255 e. The molecule has 1 N–H and O–H groups in total. The van der Waals surface area contributed by atoms with Crippen LogP contribution in [-0.2, 0) is 0 Å². The van der Waals surface area contributed by atoms with Crippen LogP contribution in [0.5, 0.6) is 0 Å². The lowest BCUT2D eigenvalue weighted by molar-refractivity contribution is 0.602. The summed E-state index contributed by atoms with van der Waals surface area (Å²) < 4.78 is 5.20. The summed E-state index contributed by atoms with van der Waals surface area (Å²) >= 11 is 0. The Labute approximate surface area is 90.6 Å². The van der Waals surface area contributed by atoms with Gasteiger partial charge >= 0.3 is 0 Å². The molecule has 0 saturated heterocycles. The van der Waals surface area contributed by atoms with E-state index < -0.39 is 0 Å². The summed E-state index contributed by atoms with van der Waals surface area (Å²) in [4.78, 5) is 18.3. The first kappa shape index (κ1) is 8.91. The summed E-state index contributed by atoms with van der Waals surface area (Å²) in [6.45, 7) is 0. The largest absolute Gasteiger partial charge is 0.443 e. The molecule has 0 aliphatic heterocycles. The van der Waals surface area contributed by atoms with Crippen molar-refractivity contribution < 1.29 is 4.42 Å². The van der Waals surface area contributed by atoms with E-state index in [2.05, 4.69) is 9.97 Å². The van der Waals surface area contributed by atoms with Gasteiger partial charge in [-0.2, -0.15) is 0 Å². The Kier molecular flexibility index (Phi) is 1.86. The summed E-state index contributed by atoms with van der Waals surface area (Å²) in [5.74, 6) is 0. The van der Waals surface area contributed by atoms with Gasteiger partial charge in [-0.05, 0) is 29.8 Å². The van der Waals surface area contributed by atoms with Crippen molar-refractivity contribution in [1.29, 1.82) is 0 Å². The van der Waals surface area contributed by atoms with Crippen LogP contribution in [0.4, 0.5) is 0 Å². The Morgan fingerprint density at radius 1 is 1.25 bits per heavy atom. The molecule has 0 bridgehead atoms. The third-order valence-electron chi connectivity index (χ3n) is 2.46. The molecule has 2 aromatic heterocycles. The van der Waals surface area contributed by atoms with Crippen molar-refractivity contribution in [3.8, 4) is 11.1 Å². The average Bonchev–Trinajstić information content (AvgIpc) is 2.76. The van der Waals surface area contributed by atoms with E-state index in [0.29, 0.717) is 11.1 Å². The van der Waals surface area contributed by atoms with E-state index in [-0.39, 0.29) is 5.56 Å². The lowest BCUT2D eigenvalue weighted by Gasteiger charge is -1.98. The molecule has 0 atom stereocenters. The zero-order valence-electron chi connectivity index (χ0n) is 8.31. The second kappa shape index (κ2) is 3.34. The minimum Gasteiger partial charge on any atom is -0.443 e. The third kappa shape index (κ3) is 1.32. The first-order chi connectivity index (χ1) is 7.84. The zero-order valence-corrected chi connectivity index (χ0v) is 8.31. The zero-order chi connectivity index (χ0) is 11.0. The molecule has 4 heteroatoms. The van der Waals surface area contributed by atoms with Gasteiger partial charge in [-0.15, -0.1) is 0 Å². The number of hydrogen-bond donors (Lipinski definition) is 1. The molecule has 0 saturated carbocycles. The highest BCUT2D eigenvalue weighted by Gasteiger charge is 2.05. The Bertz CT molecular complexity index is 697. The average molecular weight is 212 g/mol. The fraction of sp³-hybridized carbons (Fsp3) is 0. The molecule has 0 amide bonds. The van der Waals surface area contributed by atoms with E-state index in [4.69, 9.17) is 4.42 Å². The van der Waals surface area contributed by atoms with Crippen LogP contribution in [0.25, 0.3) is 22.2 Å². The van der Waals surface area contributed by atoms with Crippen molar-refractivity contribution in [2.45, 2.75) is 0 Å². The number of nitrogens with one attached hydrogen (secondary N) is 1. The first-order valence-electron chi connectivity index (χ1n) is 4.86. The highest BCUT2D eigenvalue weighted by molar-refractivity contribution is 5.79. The van der Waals surface area contributed by atoms with E-state index in [0.717, 1.165) is 11.1 Å². The van der Waals surface area contributed by atoms with Gasteiger partial charge in [0.2, 0.25) is 0 Å². The molecule has 0 radical (unpaired) electrons. The lowest BCUT2D eigenvalue weighted by Crippen LogP contribution is -2.06. The van der Waals surface area contributed by atoms with Crippen molar-refractivity contribution in [3.63, 3.8) is 0 Å². The van der Waals surface area contributed by atoms with Crippen LogP contribution < -0.4 is 5.56 Å². The van der Waals surface area contributed by atoms with Crippen LogP contribution in [0, 0.1) is 0 Å². The quantitative estimate of drug-likeness (QED) is 0.672. The second-order valence-electron chi connectivity index (χ2n) is 3.45. The molecular weight excluding hydrogens is 204 g/mol. The summed E-state index contributed by atoms with van der Waals surface area (Å²) in [6, 6.07) is 9.07. The van der Waals surface area contributed by atoms with Crippen molar-refractivity contribution in [2.75, 3.05) is 0 Å². The summed E-state index contributed by atoms with van der Waals surface area (Å²) in [5, 5.41) is 0. The van der Waals surface area contributed by atoms with Gasteiger partial charge in [0.15, 0.2) is 12.0 Å². The molecule has 0 fully saturated rings. The Balaban J connectivity index is 2.26. The van der Waals surface area contributed by atoms with Crippen LogP contribution in [0.15, 0.2) is 52.1 Å². The predicted octanol–water partition coefficient (Wildman–Crippen LogP) is 2.18. The number of hydrogen-bond acceptors (Lipinski definition) is 3. The van der Waals surface area contributed by atoms with Crippen molar-refractivity contribution in [3.05, 3.63) is 53.3 Å². The molecule has 16 heavy (non-hydrogen) atoms. The van der Waals surface area contributed by atoms with Gasteiger partial charge < -0.3 is 9.40 Å². The maximum absolute atomic E-state index is 11.6. The number of benzene rings is 1. The van der Waals surface area contributed by atoms with Crippen LogP contribution in [-0.4, -0.2) is 9.97 Å². The third-order valence-corrected chi connectivity index (χ3v) is 2.46. The molecule has 0 aliphatic carbocycles. The standard InChI is InChI=1S/C12H8N2O2/c15-12-9(2-1-5-13-12)8-3-4-10-11(6-8)16-7-14-10/h1-7H,(H,13,15). The number of pyridine rings is 1. The number of nitrogens with zero attached hydrogens (tertiary/aromatic N) is 1. The molecule has 2 heterocycles. The lowest BCUT2D eigenvalue weighted by atomic mass is 10.1. The van der Waals surface area contributed by atoms with Crippen molar-refractivity contribution in [1.82, 2.24) is 9.97 Å². The Hall–Kier alpha value is -2.36. The molecule has 0 unspecified atom stereocenters. The minimum atomic E-state index is -0.110. The van der Waals surface area contributed by atoms with E-state index in [1.165, 1.54) is 6.39 Å². The summed E-state index contributed by atoms with van der Waals surface area (Å²) in [5.41, 5.74) is 2.81. The monoisotopic (exact) mass is 212 g/mol. The SMILES string of the molecule is O=c1[nH]cccc1-c1ccc2ncoc2c1.